The van der Waals surface area contributed by atoms with Crippen molar-refractivity contribution in [3.05, 3.63) is 115 Å². The summed E-state index contributed by atoms with van der Waals surface area (Å²) >= 11 is 0. The molecule has 0 saturated heterocycles. The molecule has 0 aliphatic rings. The van der Waals surface area contributed by atoms with Crippen LogP contribution in [0.25, 0.3) is 22.3 Å². The zero-order valence-electron chi connectivity index (χ0n) is 34.3. The summed E-state index contributed by atoms with van der Waals surface area (Å²) in [7, 11) is 4.61. The highest BCUT2D eigenvalue weighted by Gasteiger charge is 2.36. The van der Waals surface area contributed by atoms with Gasteiger partial charge in [-0.3, -0.25) is 14.4 Å². The number of carbonyl (C=O) groups excluding carboxylic acids is 3. The number of alkyl halides is 6. The molecule has 12 nitrogen and oxygen atoms in total. The molecule has 0 saturated carbocycles. The molecule has 2 atom stereocenters. The van der Waals surface area contributed by atoms with Crippen molar-refractivity contribution in [3.8, 4) is 22.3 Å². The minimum atomic E-state index is -4.65. The van der Waals surface area contributed by atoms with E-state index in [0.29, 0.717) is 25.8 Å². The van der Waals surface area contributed by atoms with Gasteiger partial charge >= 0.3 is 30.4 Å². The smallest absolute Gasteiger partial charge is 0.431 e. The first-order valence-corrected chi connectivity index (χ1v) is 17.8. The molecule has 0 aliphatic heterocycles. The Morgan fingerprint density at radius 2 is 1.05 bits per heavy atom. The van der Waals surface area contributed by atoms with Crippen LogP contribution in [0.15, 0.2) is 70.3 Å². The van der Waals surface area contributed by atoms with Gasteiger partial charge in [-0.2, -0.15) is 26.3 Å². The molecule has 0 bridgehead atoms. The standard InChI is InChI=1S/C23H27F3N2O5.C18H19F3N2O3.ClH/c1-13-11-17(23(24,25)26)28(5)19(29)18(13)15-9-7-14(8-10-15)12-16(20(30)32-6)27-21(31)33-22(2,3)4;1-10-8-14(18(19,20)21)23(2)16(24)15(10)12-6-4-11(5-7-12)9-13(22)17(25)26-3;/h7-11,16H,12H2,1-6H3,(H,27,31);4-8,13H,9,22H2,1-3H3;1H. The number of pyridine rings is 2. The minimum Gasteiger partial charge on any atom is -0.468 e. The van der Waals surface area contributed by atoms with Crippen LogP contribution in [0.3, 0.4) is 0 Å². The van der Waals surface area contributed by atoms with Gasteiger partial charge in [-0.1, -0.05) is 48.5 Å². The van der Waals surface area contributed by atoms with E-state index in [-0.39, 0.29) is 47.5 Å². The van der Waals surface area contributed by atoms with E-state index in [1.54, 1.807) is 69.3 Å². The number of halogens is 7. The van der Waals surface area contributed by atoms with E-state index < -0.39 is 70.6 Å². The number of hydrogen-bond acceptors (Lipinski definition) is 9. The molecule has 4 aromatic rings. The fourth-order valence-corrected chi connectivity index (χ4v) is 6.01. The number of aryl methyl sites for hydroxylation is 2. The maximum Gasteiger partial charge on any atom is 0.431 e. The van der Waals surface area contributed by atoms with Crippen LogP contribution in [0.5, 0.6) is 0 Å². The lowest BCUT2D eigenvalue weighted by molar-refractivity contribution is -0.144. The molecule has 2 aromatic heterocycles. The molecule has 0 fully saturated rings. The summed E-state index contributed by atoms with van der Waals surface area (Å²) in [6.45, 7) is 7.97. The second-order valence-electron chi connectivity index (χ2n) is 14.6. The zero-order chi connectivity index (χ0) is 44.8. The number of benzene rings is 2. The summed E-state index contributed by atoms with van der Waals surface area (Å²) in [4.78, 5) is 60.6. The van der Waals surface area contributed by atoms with Gasteiger partial charge in [0.2, 0.25) is 0 Å². The molecule has 0 radical (unpaired) electrons. The molecule has 3 N–H and O–H groups in total. The summed E-state index contributed by atoms with van der Waals surface area (Å²) in [5.41, 5.74) is 4.50. The first kappa shape index (κ1) is 50.5. The van der Waals surface area contributed by atoms with Gasteiger partial charge in [-0.25, -0.2) is 9.59 Å². The number of ether oxygens (including phenoxy) is 3. The van der Waals surface area contributed by atoms with Gasteiger partial charge in [0.05, 0.1) is 25.3 Å². The van der Waals surface area contributed by atoms with Crippen LogP contribution >= 0.6 is 12.4 Å². The second-order valence-corrected chi connectivity index (χ2v) is 14.6. The largest absolute Gasteiger partial charge is 0.468 e. The Hall–Kier alpha value is -5.62. The van der Waals surface area contributed by atoms with E-state index in [9.17, 15) is 50.3 Å². The monoisotopic (exact) mass is 872 g/mol. The lowest BCUT2D eigenvalue weighted by Gasteiger charge is -2.22. The normalized spacial score (nSPS) is 12.5. The number of aromatic nitrogens is 2. The fraction of sp³-hybridized carbons (Fsp3) is 0.390. The summed E-state index contributed by atoms with van der Waals surface area (Å²) < 4.78 is 94.1. The van der Waals surface area contributed by atoms with Crippen molar-refractivity contribution in [1.82, 2.24) is 14.5 Å². The number of nitrogens with two attached hydrogens (primary N) is 1. The average Bonchev–Trinajstić information content (AvgIpc) is 3.13. The van der Waals surface area contributed by atoms with Gasteiger partial charge in [0, 0.05) is 20.5 Å². The summed E-state index contributed by atoms with van der Waals surface area (Å²) in [5.74, 6) is -1.21. The van der Waals surface area contributed by atoms with Crippen LogP contribution in [-0.2, 0) is 63.1 Å². The van der Waals surface area contributed by atoms with Crippen molar-refractivity contribution in [2.45, 2.75) is 77.5 Å². The predicted molar refractivity (Wildman–Crippen MR) is 214 cm³/mol. The van der Waals surface area contributed by atoms with Gasteiger partial charge < -0.3 is 34.4 Å². The maximum atomic E-state index is 13.2. The quantitative estimate of drug-likeness (QED) is 0.104. The molecular formula is C41H47ClF6N4O8. The topological polar surface area (TPSA) is 161 Å². The second kappa shape index (κ2) is 20.1. The molecule has 2 unspecified atom stereocenters. The highest BCUT2D eigenvalue weighted by atomic mass is 35.5. The summed E-state index contributed by atoms with van der Waals surface area (Å²) in [6, 6.07) is 13.1. The lowest BCUT2D eigenvalue weighted by Crippen LogP contribution is -2.45. The Labute approximate surface area is 348 Å². The van der Waals surface area contributed by atoms with Gasteiger partial charge in [-0.15, -0.1) is 12.4 Å². The van der Waals surface area contributed by atoms with E-state index >= 15 is 0 Å². The van der Waals surface area contributed by atoms with E-state index in [4.69, 9.17) is 15.2 Å². The SMILES string of the molecule is COC(=O)C(Cc1ccc(-c2c(C)cc(C(F)(F)F)n(C)c2=O)cc1)NC(=O)OC(C)(C)C.COC(=O)C(N)Cc1ccc(-c2c(C)cc(C(F)(F)F)n(C)c2=O)cc1.Cl. The van der Waals surface area contributed by atoms with Crippen molar-refractivity contribution in [3.63, 3.8) is 0 Å². The summed E-state index contributed by atoms with van der Waals surface area (Å²) in [6.07, 6.45) is -9.71. The van der Waals surface area contributed by atoms with Crippen LogP contribution < -0.4 is 22.2 Å². The van der Waals surface area contributed by atoms with Gasteiger partial charge in [-0.05, 0) is 86.6 Å². The van der Waals surface area contributed by atoms with Gasteiger partial charge in [0.1, 0.15) is 29.1 Å². The molecule has 0 spiro atoms. The molecule has 0 aliphatic carbocycles. The number of nitrogens with zero attached hydrogens (tertiary/aromatic N) is 2. The van der Waals surface area contributed by atoms with Gasteiger partial charge in [0.25, 0.3) is 11.1 Å². The first-order valence-electron chi connectivity index (χ1n) is 17.8. The Morgan fingerprint density at radius 1 is 0.683 bits per heavy atom. The highest BCUT2D eigenvalue weighted by molar-refractivity contribution is 5.85. The van der Waals surface area contributed by atoms with Crippen LogP contribution in [0.4, 0.5) is 31.1 Å². The molecule has 19 heteroatoms. The Kier molecular flexibility index (Phi) is 16.9. The number of rotatable bonds is 9. The Morgan fingerprint density at radius 3 is 1.38 bits per heavy atom. The zero-order valence-corrected chi connectivity index (χ0v) is 35.1. The predicted octanol–water partition coefficient (Wildman–Crippen LogP) is 6.83. The van der Waals surface area contributed by atoms with Crippen molar-refractivity contribution in [1.29, 1.82) is 0 Å². The third-order valence-corrected chi connectivity index (χ3v) is 8.90. The number of esters is 2. The van der Waals surface area contributed by atoms with Crippen molar-refractivity contribution >= 4 is 30.4 Å². The van der Waals surface area contributed by atoms with E-state index in [1.165, 1.54) is 28.1 Å². The number of amides is 1. The number of nitrogens with one attached hydrogen (secondary N) is 1. The van der Waals surface area contributed by atoms with E-state index in [0.717, 1.165) is 31.8 Å². The van der Waals surface area contributed by atoms with Crippen LogP contribution in [0, 0.1) is 13.8 Å². The average molecular weight is 873 g/mol. The van der Waals surface area contributed by atoms with E-state index in [1.807, 2.05) is 0 Å². The fourth-order valence-electron chi connectivity index (χ4n) is 6.01. The molecular weight excluding hydrogens is 826 g/mol. The molecule has 4 rings (SSSR count). The number of hydrogen-bond donors (Lipinski definition) is 2. The van der Waals surface area contributed by atoms with Crippen LogP contribution in [0.2, 0.25) is 0 Å². The van der Waals surface area contributed by atoms with Crippen LogP contribution in [-0.4, -0.2) is 59.1 Å². The lowest BCUT2D eigenvalue weighted by atomic mass is 9.98. The Balaban J connectivity index is 0.000000418. The third-order valence-electron chi connectivity index (χ3n) is 8.90. The number of carbonyl (C=O) groups is 3. The van der Waals surface area contributed by atoms with E-state index in [2.05, 4.69) is 10.1 Å². The van der Waals surface area contributed by atoms with Crippen molar-refractivity contribution in [2.75, 3.05) is 14.2 Å². The first-order chi connectivity index (χ1) is 27.2. The van der Waals surface area contributed by atoms with Gasteiger partial charge in [0.15, 0.2) is 0 Å². The van der Waals surface area contributed by atoms with Crippen molar-refractivity contribution in [2.24, 2.45) is 19.8 Å². The highest BCUT2D eigenvalue weighted by Crippen LogP contribution is 2.32. The van der Waals surface area contributed by atoms with Crippen molar-refractivity contribution < 1.29 is 54.9 Å². The Bertz CT molecular complexity index is 2280. The molecule has 2 aromatic carbocycles. The molecule has 328 valence electrons. The number of alkyl carbamates (subject to hydrolysis) is 1. The summed E-state index contributed by atoms with van der Waals surface area (Å²) in [5, 5.41) is 2.47. The molecule has 1 amide bonds. The third kappa shape index (κ3) is 12.9. The number of methoxy groups -OCH3 is 2. The maximum absolute atomic E-state index is 13.2. The molecule has 2 heterocycles. The van der Waals surface area contributed by atoms with Crippen LogP contribution in [0.1, 0.15) is 54.4 Å². The molecule has 60 heavy (non-hydrogen) atoms. The minimum absolute atomic E-state index is 0.